The van der Waals surface area contributed by atoms with Crippen molar-refractivity contribution in [1.29, 1.82) is 0 Å². The molecule has 1 aromatic carbocycles. The van der Waals surface area contributed by atoms with Crippen LogP contribution in [0.3, 0.4) is 0 Å². The first-order valence-corrected chi connectivity index (χ1v) is 7.94. The second kappa shape index (κ2) is 5.49. The van der Waals surface area contributed by atoms with E-state index in [1.54, 1.807) is 23.0 Å². The number of carbonyl (C=O) groups excluding carboxylic acids is 1. The molecule has 1 atom stereocenters. The average molecular weight is 343 g/mol. The lowest BCUT2D eigenvalue weighted by atomic mass is 10.1. The van der Waals surface area contributed by atoms with Crippen LogP contribution in [0, 0.1) is 6.92 Å². The molecule has 3 heterocycles. The van der Waals surface area contributed by atoms with Gasteiger partial charge in [0.2, 0.25) is 0 Å². The molecule has 0 bridgehead atoms. The fourth-order valence-electron chi connectivity index (χ4n) is 2.96. The smallest absolute Gasteiger partial charge is 0.265 e. The van der Waals surface area contributed by atoms with Crippen molar-refractivity contribution in [2.45, 2.75) is 19.4 Å². The van der Waals surface area contributed by atoms with Crippen molar-refractivity contribution in [3.8, 4) is 5.75 Å². The van der Waals surface area contributed by atoms with E-state index >= 15 is 0 Å². The molecule has 1 aliphatic rings. The highest BCUT2D eigenvalue weighted by molar-refractivity contribution is 6.30. The zero-order valence-electron chi connectivity index (χ0n) is 13.2. The van der Waals surface area contributed by atoms with Gasteiger partial charge in [-0.15, -0.1) is 0 Å². The monoisotopic (exact) mass is 342 g/mol. The molecule has 3 aromatic rings. The van der Waals surface area contributed by atoms with Gasteiger partial charge < -0.3 is 10.1 Å². The number of nitrogens with zero attached hydrogens (tertiary/aromatic N) is 3. The van der Waals surface area contributed by atoms with Crippen molar-refractivity contribution in [3.63, 3.8) is 0 Å². The number of carbonyl (C=O) groups is 1. The van der Waals surface area contributed by atoms with Crippen molar-refractivity contribution in [3.05, 3.63) is 46.7 Å². The Morgan fingerprint density at radius 2 is 2.25 bits per heavy atom. The van der Waals surface area contributed by atoms with Gasteiger partial charge in [0.15, 0.2) is 11.8 Å². The number of ether oxygens (including phenoxy) is 1. The van der Waals surface area contributed by atoms with Gasteiger partial charge in [0.1, 0.15) is 5.75 Å². The highest BCUT2D eigenvalue weighted by atomic mass is 35.5. The maximum absolute atomic E-state index is 12.5. The number of amides is 1. The molecule has 0 unspecified atom stereocenters. The molecule has 1 N–H and O–H groups in total. The number of fused-ring (bicyclic) bond motifs is 2. The minimum absolute atomic E-state index is 0.204. The van der Waals surface area contributed by atoms with Gasteiger partial charge in [0, 0.05) is 23.9 Å². The van der Waals surface area contributed by atoms with E-state index in [0.29, 0.717) is 22.9 Å². The quantitative estimate of drug-likeness (QED) is 0.777. The van der Waals surface area contributed by atoms with Crippen LogP contribution in [0.5, 0.6) is 5.75 Å². The first-order valence-electron chi connectivity index (χ1n) is 7.56. The summed E-state index contributed by atoms with van der Waals surface area (Å²) in [5.41, 5.74) is 3.22. The molecule has 1 amide bonds. The third-order valence-electron chi connectivity index (χ3n) is 4.12. The Balaban J connectivity index is 1.54. The first-order chi connectivity index (χ1) is 11.5. The third kappa shape index (κ3) is 2.49. The van der Waals surface area contributed by atoms with Crippen LogP contribution < -0.4 is 10.1 Å². The Bertz CT molecular complexity index is 967. The van der Waals surface area contributed by atoms with Crippen LogP contribution in [0.15, 0.2) is 30.5 Å². The molecule has 24 heavy (non-hydrogen) atoms. The number of hydrogen-bond donors (Lipinski definition) is 1. The van der Waals surface area contributed by atoms with Crippen LogP contribution in [-0.4, -0.2) is 26.8 Å². The largest absolute Gasteiger partial charge is 0.480 e. The minimum Gasteiger partial charge on any atom is -0.480 e. The highest BCUT2D eigenvalue weighted by Crippen LogP contribution is 2.31. The topological polar surface area (TPSA) is 69.0 Å². The average Bonchev–Trinajstić information content (AvgIpc) is 3.08. The molecule has 0 radical (unpaired) electrons. The summed E-state index contributed by atoms with van der Waals surface area (Å²) in [6, 6.07) is 7.25. The van der Waals surface area contributed by atoms with E-state index in [0.717, 1.165) is 22.3 Å². The lowest BCUT2D eigenvalue weighted by Crippen LogP contribution is -2.31. The van der Waals surface area contributed by atoms with Gasteiger partial charge in [0.05, 0.1) is 17.6 Å². The predicted molar refractivity (Wildman–Crippen MR) is 91.4 cm³/mol. The number of hydrogen-bond acceptors (Lipinski definition) is 4. The summed E-state index contributed by atoms with van der Waals surface area (Å²) >= 11 is 5.98. The van der Waals surface area contributed by atoms with Gasteiger partial charge in [0.25, 0.3) is 5.91 Å². The minimum atomic E-state index is -0.566. The van der Waals surface area contributed by atoms with Crippen LogP contribution >= 0.6 is 11.6 Å². The van der Waals surface area contributed by atoms with Gasteiger partial charge in [-0.2, -0.15) is 5.10 Å². The summed E-state index contributed by atoms with van der Waals surface area (Å²) in [4.78, 5) is 16.8. The van der Waals surface area contributed by atoms with Gasteiger partial charge >= 0.3 is 0 Å². The number of aryl methyl sites for hydroxylation is 2. The van der Waals surface area contributed by atoms with Crippen LogP contribution in [0.25, 0.3) is 11.0 Å². The highest BCUT2D eigenvalue weighted by Gasteiger charge is 2.29. The van der Waals surface area contributed by atoms with Crippen LogP contribution in [0.1, 0.15) is 11.3 Å². The molecule has 0 spiro atoms. The second-order valence-electron chi connectivity index (χ2n) is 5.86. The summed E-state index contributed by atoms with van der Waals surface area (Å²) in [6.07, 6.45) is 1.56. The van der Waals surface area contributed by atoms with Gasteiger partial charge in [-0.1, -0.05) is 11.6 Å². The number of aromatic nitrogens is 3. The van der Waals surface area contributed by atoms with E-state index in [1.807, 2.05) is 26.1 Å². The fraction of sp³-hybridized carbons (Fsp3) is 0.235. The molecular weight excluding hydrogens is 328 g/mol. The maximum atomic E-state index is 12.5. The third-order valence-corrected chi connectivity index (χ3v) is 4.36. The number of rotatable bonds is 2. The zero-order chi connectivity index (χ0) is 16.8. The fourth-order valence-corrected chi connectivity index (χ4v) is 3.16. The molecule has 0 saturated heterocycles. The Labute approximate surface area is 143 Å². The normalized spacial score (nSPS) is 16.0. The van der Waals surface area contributed by atoms with E-state index in [9.17, 15) is 4.79 Å². The molecule has 7 heteroatoms. The molecule has 1 aliphatic heterocycles. The molecule has 2 aromatic heterocycles. The van der Waals surface area contributed by atoms with E-state index in [2.05, 4.69) is 15.4 Å². The summed E-state index contributed by atoms with van der Waals surface area (Å²) in [5.74, 6) is 0.501. The number of pyridine rings is 1. The molecule has 122 valence electrons. The van der Waals surface area contributed by atoms with Gasteiger partial charge in [-0.05, 0) is 36.8 Å². The summed E-state index contributed by atoms with van der Waals surface area (Å²) < 4.78 is 7.42. The van der Waals surface area contributed by atoms with Crippen LogP contribution in [0.2, 0.25) is 5.02 Å². The lowest BCUT2D eigenvalue weighted by molar-refractivity contribution is -0.122. The van der Waals surface area contributed by atoms with Crippen molar-refractivity contribution in [2.24, 2.45) is 7.05 Å². The molecule has 6 nitrogen and oxygen atoms in total. The molecular formula is C17H15ClN4O2. The van der Waals surface area contributed by atoms with Crippen molar-refractivity contribution >= 4 is 34.2 Å². The van der Waals surface area contributed by atoms with Crippen molar-refractivity contribution < 1.29 is 9.53 Å². The van der Waals surface area contributed by atoms with Crippen LogP contribution in [0.4, 0.5) is 5.69 Å². The van der Waals surface area contributed by atoms with Crippen molar-refractivity contribution in [1.82, 2.24) is 14.8 Å². The zero-order valence-corrected chi connectivity index (χ0v) is 14.0. The Kier molecular flexibility index (Phi) is 3.42. The lowest BCUT2D eigenvalue weighted by Gasteiger charge is -2.11. The maximum Gasteiger partial charge on any atom is 0.265 e. The Morgan fingerprint density at radius 1 is 1.42 bits per heavy atom. The summed E-state index contributed by atoms with van der Waals surface area (Å²) in [7, 11) is 1.84. The van der Waals surface area contributed by atoms with E-state index in [-0.39, 0.29) is 5.91 Å². The van der Waals surface area contributed by atoms with E-state index in [1.165, 1.54) is 0 Å². The SMILES string of the molecule is Cc1nn(C)c2ncc(NC(=O)[C@H]3Cc4cc(Cl)ccc4O3)cc12. The van der Waals surface area contributed by atoms with Gasteiger partial charge in [-0.3, -0.25) is 9.48 Å². The van der Waals surface area contributed by atoms with Crippen molar-refractivity contribution in [2.75, 3.05) is 5.32 Å². The van der Waals surface area contributed by atoms with E-state index in [4.69, 9.17) is 16.3 Å². The molecule has 0 aliphatic carbocycles. The standard InChI is InChI=1S/C17H15ClN4O2/c1-9-13-7-12(8-19-16(13)22(2)21-9)20-17(23)15-6-10-5-11(18)3-4-14(10)24-15/h3-5,7-8,15H,6H2,1-2H3,(H,20,23)/t15-/m1/s1. The predicted octanol–water partition coefficient (Wildman–Crippen LogP) is 2.87. The van der Waals surface area contributed by atoms with E-state index < -0.39 is 6.10 Å². The summed E-state index contributed by atoms with van der Waals surface area (Å²) in [5, 5.41) is 8.75. The number of benzene rings is 1. The van der Waals surface area contributed by atoms with Gasteiger partial charge in [-0.25, -0.2) is 4.98 Å². The number of anilines is 1. The number of halogens is 1. The van der Waals surface area contributed by atoms with Crippen LogP contribution in [-0.2, 0) is 18.3 Å². The number of nitrogens with one attached hydrogen (secondary N) is 1. The first kappa shape index (κ1) is 15.0. The molecule has 4 rings (SSSR count). The summed E-state index contributed by atoms with van der Waals surface area (Å²) in [6.45, 7) is 1.91. The Hall–Kier alpha value is -2.60. The Morgan fingerprint density at radius 3 is 3.08 bits per heavy atom. The molecule has 0 fully saturated rings. The second-order valence-corrected chi connectivity index (χ2v) is 6.29. The molecule has 0 saturated carbocycles.